The molecule has 0 aliphatic rings. The predicted octanol–water partition coefficient (Wildman–Crippen LogP) is 3.50. The Kier molecular flexibility index (Phi) is 3.24. The van der Waals surface area contributed by atoms with Crippen LogP contribution >= 0.6 is 0 Å². The Hall–Kier alpha value is -2.41. The molecule has 1 aromatic carbocycles. The van der Waals surface area contributed by atoms with Gasteiger partial charge >= 0.3 is 0 Å². The number of hydrogen-bond donors (Lipinski definition) is 0. The largest absolute Gasteiger partial charge is 0.435 e. The average Bonchev–Trinajstić information content (AvgIpc) is 2.35. The number of rotatable bonds is 2. The lowest BCUT2D eigenvalue weighted by molar-refractivity contribution is 0.424. The molecule has 0 unspecified atom stereocenters. The lowest BCUT2D eigenvalue weighted by atomic mass is 10.2. The van der Waals surface area contributed by atoms with E-state index < -0.39 is 5.82 Å². The van der Waals surface area contributed by atoms with Crippen molar-refractivity contribution in [1.29, 1.82) is 5.26 Å². The van der Waals surface area contributed by atoms with Gasteiger partial charge in [-0.3, -0.25) is 0 Å². The van der Waals surface area contributed by atoms with E-state index in [0.29, 0.717) is 11.1 Å². The Morgan fingerprint density at radius 1 is 1.22 bits per heavy atom. The highest BCUT2D eigenvalue weighted by Crippen LogP contribution is 2.27. The van der Waals surface area contributed by atoms with Crippen LogP contribution in [0, 0.1) is 31.0 Å². The molecule has 0 saturated carbocycles. The van der Waals surface area contributed by atoms with E-state index >= 15 is 0 Å². The van der Waals surface area contributed by atoms with Gasteiger partial charge in [-0.05, 0) is 37.1 Å². The lowest BCUT2D eigenvalue weighted by Crippen LogP contribution is -1.96. The molecule has 0 saturated heterocycles. The zero-order valence-electron chi connectivity index (χ0n) is 10.1. The number of nitriles is 1. The summed E-state index contributed by atoms with van der Waals surface area (Å²) in [5, 5.41) is 9.04. The predicted molar refractivity (Wildman–Crippen MR) is 64.9 cm³/mol. The van der Waals surface area contributed by atoms with Crippen LogP contribution in [0.1, 0.15) is 16.7 Å². The highest BCUT2D eigenvalue weighted by atomic mass is 19.1. The van der Waals surface area contributed by atoms with Crippen molar-refractivity contribution in [2.75, 3.05) is 0 Å². The third-order valence-corrected chi connectivity index (χ3v) is 2.60. The van der Waals surface area contributed by atoms with Crippen LogP contribution in [0.4, 0.5) is 4.39 Å². The Morgan fingerprint density at radius 2 is 2.00 bits per heavy atom. The molecule has 2 aromatic rings. The second-order valence-corrected chi connectivity index (χ2v) is 3.91. The number of aryl methyl sites for hydroxylation is 2. The summed E-state index contributed by atoms with van der Waals surface area (Å²) in [5.41, 5.74) is 1.55. The summed E-state index contributed by atoms with van der Waals surface area (Å²) >= 11 is 0. The summed E-state index contributed by atoms with van der Waals surface area (Å²) in [4.78, 5) is 3.97. The molecule has 1 aromatic heterocycles. The van der Waals surface area contributed by atoms with E-state index in [-0.39, 0.29) is 11.6 Å². The normalized spacial score (nSPS) is 9.89. The van der Waals surface area contributed by atoms with Crippen molar-refractivity contribution < 1.29 is 9.13 Å². The summed E-state index contributed by atoms with van der Waals surface area (Å²) in [7, 11) is 0. The summed E-state index contributed by atoms with van der Waals surface area (Å²) in [5.74, 6) is -0.240. The van der Waals surface area contributed by atoms with E-state index in [1.54, 1.807) is 32.0 Å². The van der Waals surface area contributed by atoms with Gasteiger partial charge < -0.3 is 4.74 Å². The van der Waals surface area contributed by atoms with E-state index in [9.17, 15) is 4.39 Å². The molecular weight excluding hydrogens is 231 g/mol. The third kappa shape index (κ3) is 2.16. The minimum Gasteiger partial charge on any atom is -0.435 e. The fourth-order valence-electron chi connectivity index (χ4n) is 1.55. The van der Waals surface area contributed by atoms with Gasteiger partial charge in [-0.25, -0.2) is 9.37 Å². The summed E-state index contributed by atoms with van der Waals surface area (Å²) < 4.78 is 19.2. The maximum absolute atomic E-state index is 13.8. The molecule has 0 amide bonds. The number of ether oxygens (including phenoxy) is 1. The van der Waals surface area contributed by atoms with Crippen LogP contribution < -0.4 is 4.74 Å². The quantitative estimate of drug-likeness (QED) is 0.809. The molecule has 1 heterocycles. The molecule has 0 radical (unpaired) electrons. The third-order valence-electron chi connectivity index (χ3n) is 2.60. The smallest absolute Gasteiger partial charge is 0.237 e. The topological polar surface area (TPSA) is 45.9 Å². The monoisotopic (exact) mass is 242 g/mol. The molecular formula is C14H11FN2O. The SMILES string of the molecule is Cc1cccc(Oc2nccc(C)c2C#N)c1F. The maximum Gasteiger partial charge on any atom is 0.237 e. The number of nitrogens with zero attached hydrogens (tertiary/aromatic N) is 2. The van der Waals surface area contributed by atoms with E-state index in [0.717, 1.165) is 5.56 Å². The first kappa shape index (κ1) is 12.1. The van der Waals surface area contributed by atoms with Crippen molar-refractivity contribution in [2.24, 2.45) is 0 Å². The van der Waals surface area contributed by atoms with Crippen LogP contribution in [0.5, 0.6) is 11.6 Å². The number of halogens is 1. The first-order valence-corrected chi connectivity index (χ1v) is 5.42. The van der Waals surface area contributed by atoms with Crippen molar-refractivity contribution in [2.45, 2.75) is 13.8 Å². The molecule has 18 heavy (non-hydrogen) atoms. The van der Waals surface area contributed by atoms with Gasteiger partial charge in [0.2, 0.25) is 5.88 Å². The Bertz CT molecular complexity index is 632. The zero-order valence-corrected chi connectivity index (χ0v) is 10.1. The molecule has 3 nitrogen and oxygen atoms in total. The number of aromatic nitrogens is 1. The standard InChI is InChI=1S/C14H11FN2O/c1-9-6-7-17-14(11(9)8-16)18-12-5-3-4-10(2)13(12)15/h3-7H,1-2H3. The van der Waals surface area contributed by atoms with Crippen molar-refractivity contribution in [3.8, 4) is 17.7 Å². The minimum atomic E-state index is -0.440. The molecule has 0 aliphatic heterocycles. The summed E-state index contributed by atoms with van der Waals surface area (Å²) in [6.45, 7) is 3.43. The van der Waals surface area contributed by atoms with E-state index in [1.807, 2.05) is 6.07 Å². The molecule has 2 rings (SSSR count). The molecule has 0 spiro atoms. The number of pyridine rings is 1. The second kappa shape index (κ2) is 4.84. The van der Waals surface area contributed by atoms with Gasteiger partial charge in [-0.2, -0.15) is 5.26 Å². The van der Waals surface area contributed by atoms with Gasteiger partial charge in [-0.1, -0.05) is 12.1 Å². The molecule has 4 heteroatoms. The fourth-order valence-corrected chi connectivity index (χ4v) is 1.55. The first-order valence-electron chi connectivity index (χ1n) is 5.42. The number of benzene rings is 1. The van der Waals surface area contributed by atoms with Gasteiger partial charge in [0, 0.05) is 6.20 Å². The van der Waals surface area contributed by atoms with E-state index in [4.69, 9.17) is 10.00 Å². The molecule has 0 atom stereocenters. The number of hydrogen-bond acceptors (Lipinski definition) is 3. The van der Waals surface area contributed by atoms with E-state index in [1.165, 1.54) is 12.3 Å². The maximum atomic E-state index is 13.8. The highest BCUT2D eigenvalue weighted by molar-refractivity contribution is 5.46. The zero-order chi connectivity index (χ0) is 13.1. The molecule has 0 fully saturated rings. The Labute approximate surface area is 104 Å². The van der Waals surface area contributed by atoms with Crippen molar-refractivity contribution in [3.05, 3.63) is 53.0 Å². The van der Waals surface area contributed by atoms with Gasteiger partial charge in [0.15, 0.2) is 11.6 Å². The molecule has 0 N–H and O–H groups in total. The van der Waals surface area contributed by atoms with Gasteiger partial charge in [0.25, 0.3) is 0 Å². The van der Waals surface area contributed by atoms with Crippen LogP contribution in [-0.4, -0.2) is 4.98 Å². The van der Waals surface area contributed by atoms with Crippen LogP contribution in [0.3, 0.4) is 0 Å². The fraction of sp³-hybridized carbons (Fsp3) is 0.143. The van der Waals surface area contributed by atoms with Crippen LogP contribution in [0.15, 0.2) is 30.5 Å². The van der Waals surface area contributed by atoms with Crippen LogP contribution in [-0.2, 0) is 0 Å². The Morgan fingerprint density at radius 3 is 2.72 bits per heavy atom. The Balaban J connectivity index is 2.44. The minimum absolute atomic E-state index is 0.0737. The highest BCUT2D eigenvalue weighted by Gasteiger charge is 2.12. The van der Waals surface area contributed by atoms with Gasteiger partial charge in [0.1, 0.15) is 11.6 Å². The van der Waals surface area contributed by atoms with Crippen LogP contribution in [0.25, 0.3) is 0 Å². The van der Waals surface area contributed by atoms with Crippen molar-refractivity contribution in [1.82, 2.24) is 4.98 Å². The van der Waals surface area contributed by atoms with Gasteiger partial charge in [0.05, 0.1) is 0 Å². The molecule has 0 bridgehead atoms. The van der Waals surface area contributed by atoms with Crippen molar-refractivity contribution >= 4 is 0 Å². The molecule has 90 valence electrons. The van der Waals surface area contributed by atoms with E-state index in [2.05, 4.69) is 4.98 Å². The summed E-state index contributed by atoms with van der Waals surface area (Å²) in [6, 6.07) is 8.56. The molecule has 0 aliphatic carbocycles. The lowest BCUT2D eigenvalue weighted by Gasteiger charge is -2.09. The van der Waals surface area contributed by atoms with Gasteiger partial charge in [-0.15, -0.1) is 0 Å². The summed E-state index contributed by atoms with van der Waals surface area (Å²) in [6.07, 6.45) is 1.53. The second-order valence-electron chi connectivity index (χ2n) is 3.91. The average molecular weight is 242 g/mol. The van der Waals surface area contributed by atoms with Crippen LogP contribution in [0.2, 0.25) is 0 Å². The first-order chi connectivity index (χ1) is 8.63. The van der Waals surface area contributed by atoms with Crippen molar-refractivity contribution in [3.63, 3.8) is 0 Å².